The summed E-state index contributed by atoms with van der Waals surface area (Å²) < 4.78 is 54.8. The number of nitrogens with one attached hydrogen (secondary N) is 1. The van der Waals surface area contributed by atoms with Crippen molar-refractivity contribution in [1.82, 2.24) is 15.2 Å². The molecule has 0 spiro atoms. The zero-order chi connectivity index (χ0) is 23.8. The van der Waals surface area contributed by atoms with Crippen molar-refractivity contribution < 1.29 is 17.2 Å². The third-order valence-corrected chi connectivity index (χ3v) is 7.11. The first-order chi connectivity index (χ1) is 15.7. The molecule has 0 radical (unpaired) electrons. The fourth-order valence-corrected chi connectivity index (χ4v) is 5.37. The van der Waals surface area contributed by atoms with Crippen LogP contribution in [0.25, 0.3) is 11.3 Å². The van der Waals surface area contributed by atoms with Crippen LogP contribution < -0.4 is 4.72 Å². The van der Waals surface area contributed by atoms with Crippen LogP contribution in [0.1, 0.15) is 62.4 Å². The molecule has 2 aromatic heterocycles. The molecule has 0 aliphatic heterocycles. The molecule has 0 saturated carbocycles. The largest absolute Gasteiger partial charge is 0.284 e. The molecule has 33 heavy (non-hydrogen) atoms. The minimum atomic E-state index is -3.45. The molecule has 2 heterocycles. The number of hydrogen-bond donors (Lipinski definition) is 1. The van der Waals surface area contributed by atoms with Gasteiger partial charge >= 0.3 is 0 Å². The lowest BCUT2D eigenvalue weighted by molar-refractivity contribution is 0.353. The van der Waals surface area contributed by atoms with Crippen molar-refractivity contribution in [2.24, 2.45) is 0 Å². The van der Waals surface area contributed by atoms with Crippen LogP contribution in [0.3, 0.4) is 0 Å². The lowest BCUT2D eigenvalue weighted by Crippen LogP contribution is -2.35. The molecule has 1 aliphatic carbocycles. The Morgan fingerprint density at radius 3 is 2.48 bits per heavy atom. The molecule has 1 N–H and O–H groups in total. The third kappa shape index (κ3) is 4.34. The van der Waals surface area contributed by atoms with Crippen molar-refractivity contribution >= 4 is 15.7 Å². The smallest absolute Gasteiger partial charge is 0.229 e. The molecule has 0 unspecified atom stereocenters. The Kier molecular flexibility index (Phi) is 6.18. The number of anilines is 1. The van der Waals surface area contributed by atoms with E-state index in [4.69, 9.17) is 0 Å². The average molecular weight is 473 g/mol. The van der Waals surface area contributed by atoms with Gasteiger partial charge in [0.05, 0.1) is 40.0 Å². The average Bonchev–Trinajstić information content (AvgIpc) is 2.77. The van der Waals surface area contributed by atoms with Gasteiger partial charge in [-0.05, 0) is 67.5 Å². The highest BCUT2D eigenvalue weighted by atomic mass is 32.2. The maximum Gasteiger partial charge on any atom is 0.229 e. The molecule has 3 aromatic rings. The SMILES string of the molecule is CC[C@H]1CC[C@](CC)(c2cc(NS(C)(=O)=O)ccn2)c2nnc(-c3c(F)cccc3F)cc21. The number of rotatable bonds is 6. The summed E-state index contributed by atoms with van der Waals surface area (Å²) in [6.07, 6.45) is 5.77. The van der Waals surface area contributed by atoms with E-state index < -0.39 is 27.1 Å². The van der Waals surface area contributed by atoms with E-state index in [0.717, 1.165) is 36.8 Å². The van der Waals surface area contributed by atoms with E-state index in [1.165, 1.54) is 18.2 Å². The number of pyridine rings is 1. The van der Waals surface area contributed by atoms with Crippen molar-refractivity contribution in [2.45, 2.75) is 50.9 Å². The van der Waals surface area contributed by atoms with Gasteiger partial charge in [-0.25, -0.2) is 17.2 Å². The number of aromatic nitrogens is 3. The standard InChI is InChI=1S/C24H26F2N4O2S/c1-4-15-9-11-24(5-2,21-13-16(10-12-27-21)30-33(3,31)32)23-17(15)14-20(28-29-23)22-18(25)7-6-8-19(22)26/h6-8,10,12-15H,4-5,9,11H2,1-3H3,(H,27,30)/t15-,24+/m0/s1. The zero-order valence-corrected chi connectivity index (χ0v) is 19.6. The topological polar surface area (TPSA) is 84.8 Å². The number of fused-ring (bicyclic) bond motifs is 1. The Bertz CT molecular complexity index is 1280. The van der Waals surface area contributed by atoms with E-state index in [2.05, 4.69) is 26.8 Å². The first-order valence-corrected chi connectivity index (χ1v) is 12.8. The number of nitrogens with zero attached hydrogens (tertiary/aromatic N) is 3. The van der Waals surface area contributed by atoms with Crippen LogP contribution in [0.15, 0.2) is 42.6 Å². The molecule has 9 heteroatoms. The predicted molar refractivity (Wildman–Crippen MR) is 123 cm³/mol. The van der Waals surface area contributed by atoms with Crippen molar-refractivity contribution in [3.8, 4) is 11.3 Å². The molecular weight excluding hydrogens is 446 g/mol. The van der Waals surface area contributed by atoms with Crippen LogP contribution in [0.2, 0.25) is 0 Å². The minimum Gasteiger partial charge on any atom is -0.284 e. The first-order valence-electron chi connectivity index (χ1n) is 10.9. The summed E-state index contributed by atoms with van der Waals surface area (Å²) in [5.74, 6) is -1.20. The Morgan fingerprint density at radius 1 is 1.12 bits per heavy atom. The zero-order valence-electron chi connectivity index (χ0n) is 18.8. The molecule has 0 saturated heterocycles. The fraction of sp³-hybridized carbons (Fsp3) is 0.375. The molecule has 0 fully saturated rings. The van der Waals surface area contributed by atoms with Crippen molar-refractivity contribution in [3.05, 3.63) is 71.2 Å². The monoisotopic (exact) mass is 472 g/mol. The number of halogens is 2. The minimum absolute atomic E-state index is 0.162. The first kappa shape index (κ1) is 23.2. The van der Waals surface area contributed by atoms with Gasteiger partial charge in [0.25, 0.3) is 0 Å². The Hall–Kier alpha value is -2.94. The van der Waals surface area contributed by atoms with Gasteiger partial charge in [-0.1, -0.05) is 19.9 Å². The van der Waals surface area contributed by atoms with E-state index in [1.54, 1.807) is 24.4 Å². The Morgan fingerprint density at radius 2 is 1.85 bits per heavy atom. The quantitative estimate of drug-likeness (QED) is 0.535. The van der Waals surface area contributed by atoms with Crippen LogP contribution >= 0.6 is 0 Å². The van der Waals surface area contributed by atoms with E-state index in [9.17, 15) is 17.2 Å². The maximum atomic E-state index is 14.4. The molecule has 4 rings (SSSR count). The lowest BCUT2D eigenvalue weighted by Gasteiger charge is -2.40. The molecule has 1 aromatic carbocycles. The highest BCUT2D eigenvalue weighted by Crippen LogP contribution is 2.49. The van der Waals surface area contributed by atoms with Crippen molar-refractivity contribution in [1.29, 1.82) is 0 Å². The third-order valence-electron chi connectivity index (χ3n) is 6.50. The molecule has 6 nitrogen and oxygen atoms in total. The second-order valence-corrected chi connectivity index (χ2v) is 10.3. The normalized spacial score (nSPS) is 20.3. The summed E-state index contributed by atoms with van der Waals surface area (Å²) in [5, 5.41) is 8.75. The van der Waals surface area contributed by atoms with Gasteiger partial charge in [0.15, 0.2) is 0 Å². The lowest BCUT2D eigenvalue weighted by atomic mass is 9.65. The van der Waals surface area contributed by atoms with Gasteiger partial charge in [-0.3, -0.25) is 9.71 Å². The van der Waals surface area contributed by atoms with Gasteiger partial charge in [0.1, 0.15) is 11.6 Å². The van der Waals surface area contributed by atoms with Gasteiger partial charge < -0.3 is 0 Å². The summed E-state index contributed by atoms with van der Waals surface area (Å²) in [6, 6.07) is 8.81. The molecule has 1 aliphatic rings. The predicted octanol–water partition coefficient (Wildman–Crippen LogP) is 5.17. The van der Waals surface area contributed by atoms with Crippen LogP contribution in [0, 0.1) is 11.6 Å². The van der Waals surface area contributed by atoms with Gasteiger partial charge in [0, 0.05) is 6.20 Å². The van der Waals surface area contributed by atoms with Crippen LogP contribution in [0.5, 0.6) is 0 Å². The molecule has 0 bridgehead atoms. The molecule has 0 amide bonds. The summed E-state index contributed by atoms with van der Waals surface area (Å²) >= 11 is 0. The van der Waals surface area contributed by atoms with Crippen molar-refractivity contribution in [2.75, 3.05) is 11.0 Å². The molecular formula is C24H26F2N4O2S. The second-order valence-electron chi connectivity index (χ2n) is 8.51. The molecule has 174 valence electrons. The van der Waals surface area contributed by atoms with E-state index >= 15 is 0 Å². The maximum absolute atomic E-state index is 14.4. The highest BCUT2D eigenvalue weighted by Gasteiger charge is 2.43. The van der Waals surface area contributed by atoms with Crippen LogP contribution in [0.4, 0.5) is 14.5 Å². The summed E-state index contributed by atoms with van der Waals surface area (Å²) in [5.41, 5.74) is 2.13. The molecule has 2 atom stereocenters. The number of benzene rings is 1. The van der Waals surface area contributed by atoms with E-state index in [-0.39, 0.29) is 17.2 Å². The summed E-state index contributed by atoms with van der Waals surface area (Å²) in [7, 11) is -3.45. The van der Waals surface area contributed by atoms with E-state index in [1.807, 2.05) is 6.92 Å². The number of sulfonamides is 1. The van der Waals surface area contributed by atoms with Gasteiger partial charge in [-0.15, -0.1) is 5.10 Å². The van der Waals surface area contributed by atoms with Gasteiger partial charge in [0.2, 0.25) is 10.0 Å². The van der Waals surface area contributed by atoms with Crippen molar-refractivity contribution in [3.63, 3.8) is 0 Å². The van der Waals surface area contributed by atoms with E-state index in [0.29, 0.717) is 17.8 Å². The highest BCUT2D eigenvalue weighted by molar-refractivity contribution is 7.92. The number of hydrogen-bond acceptors (Lipinski definition) is 5. The van der Waals surface area contributed by atoms with Gasteiger partial charge in [-0.2, -0.15) is 5.10 Å². The van der Waals surface area contributed by atoms with Crippen LogP contribution in [-0.4, -0.2) is 29.9 Å². The summed E-state index contributed by atoms with van der Waals surface area (Å²) in [6.45, 7) is 4.10. The second kappa shape index (κ2) is 8.78. The Balaban J connectivity index is 1.88. The fourth-order valence-electron chi connectivity index (χ4n) is 4.82. The summed E-state index contributed by atoms with van der Waals surface area (Å²) in [4.78, 5) is 4.57. The van der Waals surface area contributed by atoms with Crippen LogP contribution in [-0.2, 0) is 15.4 Å². The Labute approximate surface area is 192 Å².